The van der Waals surface area contributed by atoms with Crippen molar-refractivity contribution in [3.63, 3.8) is 0 Å². The van der Waals surface area contributed by atoms with Gasteiger partial charge in [0.1, 0.15) is 18.4 Å². The number of nitrogens with one attached hydrogen (secondary N) is 2. The fourth-order valence-corrected chi connectivity index (χ4v) is 3.50. The molecule has 2 aliphatic rings. The van der Waals surface area contributed by atoms with Crippen LogP contribution in [0.4, 0.5) is 0 Å². The van der Waals surface area contributed by atoms with Crippen LogP contribution < -0.4 is 15.4 Å². The maximum Gasteiger partial charge on any atom is 0.242 e. The van der Waals surface area contributed by atoms with Gasteiger partial charge in [-0.15, -0.1) is 0 Å². The number of carbonyl (C=O) groups is 1. The molecule has 2 aromatic rings. The van der Waals surface area contributed by atoms with Crippen LogP contribution in [0.15, 0.2) is 48.5 Å². The third kappa shape index (κ3) is 2.82. The smallest absolute Gasteiger partial charge is 0.242 e. The van der Waals surface area contributed by atoms with E-state index in [9.17, 15) is 4.79 Å². The predicted molar refractivity (Wildman–Crippen MR) is 88.5 cm³/mol. The summed E-state index contributed by atoms with van der Waals surface area (Å²) in [6.07, 6.45) is 1.82. The molecule has 2 aromatic carbocycles. The van der Waals surface area contributed by atoms with Crippen LogP contribution in [0, 0.1) is 0 Å². The highest BCUT2D eigenvalue weighted by molar-refractivity contribution is 5.84. The first-order valence-electron chi connectivity index (χ1n) is 8.13. The van der Waals surface area contributed by atoms with E-state index >= 15 is 0 Å². The minimum absolute atomic E-state index is 0.0285. The number of benzene rings is 2. The number of hydrogen-bond acceptors (Lipinski definition) is 3. The molecule has 1 heterocycles. The fourth-order valence-electron chi connectivity index (χ4n) is 3.50. The Hall–Kier alpha value is -2.33. The van der Waals surface area contributed by atoms with E-state index < -0.39 is 0 Å². The molecule has 0 spiro atoms. The summed E-state index contributed by atoms with van der Waals surface area (Å²) in [6.45, 7) is 1.24. The van der Waals surface area contributed by atoms with Crippen molar-refractivity contribution in [2.45, 2.75) is 24.9 Å². The Kier molecular flexibility index (Phi) is 3.75. The molecule has 2 N–H and O–H groups in total. The van der Waals surface area contributed by atoms with E-state index in [2.05, 4.69) is 34.9 Å². The lowest BCUT2D eigenvalue weighted by Crippen LogP contribution is -2.43. The molecule has 23 heavy (non-hydrogen) atoms. The van der Waals surface area contributed by atoms with Crippen LogP contribution in [-0.4, -0.2) is 25.1 Å². The molecule has 0 saturated heterocycles. The lowest BCUT2D eigenvalue weighted by Gasteiger charge is -2.20. The summed E-state index contributed by atoms with van der Waals surface area (Å²) in [5.41, 5.74) is 3.60. The Morgan fingerprint density at radius 3 is 2.52 bits per heavy atom. The molecule has 0 fully saturated rings. The number of fused-ring (bicyclic) bond motifs is 2. The first-order valence-corrected chi connectivity index (χ1v) is 8.13. The number of para-hydroxylation sites is 1. The Morgan fingerprint density at radius 1 is 1.04 bits per heavy atom. The van der Waals surface area contributed by atoms with Gasteiger partial charge in [0.15, 0.2) is 0 Å². The normalized spacial score (nSPS) is 20.1. The summed E-state index contributed by atoms with van der Waals surface area (Å²) in [7, 11) is 0. The number of hydrogen-bond donors (Lipinski definition) is 2. The molecule has 118 valence electrons. The van der Waals surface area contributed by atoms with Crippen molar-refractivity contribution in [2.75, 3.05) is 13.2 Å². The second-order valence-corrected chi connectivity index (χ2v) is 6.16. The van der Waals surface area contributed by atoms with Crippen molar-refractivity contribution in [3.8, 4) is 5.75 Å². The molecule has 1 atom stereocenters. The highest BCUT2D eigenvalue weighted by atomic mass is 16.5. The minimum Gasteiger partial charge on any atom is -0.492 e. The third-order valence-corrected chi connectivity index (χ3v) is 4.60. The fraction of sp³-hybridized carbons (Fsp3) is 0.316. The lowest BCUT2D eigenvalue weighted by atomic mass is 10.0. The molecule has 4 heteroatoms. The van der Waals surface area contributed by atoms with Gasteiger partial charge in [0, 0.05) is 18.2 Å². The number of carbonyl (C=O) groups excluding carboxylic acids is 1. The standard InChI is InChI=1S/C19H20N2O2/c22-19(21-15-11-13-5-1-2-6-14(13)12-15)18-16-7-3-4-8-17(16)23-10-9-20-18/h1-8,15,18,20H,9-12H2,(H,21,22). The zero-order valence-electron chi connectivity index (χ0n) is 12.9. The van der Waals surface area contributed by atoms with E-state index in [0.29, 0.717) is 13.2 Å². The SMILES string of the molecule is O=C(NC1Cc2ccccc2C1)C1NCCOc2ccccc21. The quantitative estimate of drug-likeness (QED) is 0.892. The Balaban J connectivity index is 1.50. The monoisotopic (exact) mass is 308 g/mol. The number of rotatable bonds is 2. The van der Waals surface area contributed by atoms with Crippen LogP contribution in [0.25, 0.3) is 0 Å². The maximum absolute atomic E-state index is 12.8. The van der Waals surface area contributed by atoms with Crippen molar-refractivity contribution in [2.24, 2.45) is 0 Å². The van der Waals surface area contributed by atoms with Crippen molar-refractivity contribution in [3.05, 3.63) is 65.2 Å². The molecule has 0 bridgehead atoms. The molecule has 0 saturated carbocycles. The summed E-state index contributed by atoms with van der Waals surface area (Å²) in [5.74, 6) is 0.827. The van der Waals surface area contributed by atoms with Crippen molar-refractivity contribution in [1.29, 1.82) is 0 Å². The Bertz CT molecular complexity index is 704. The summed E-state index contributed by atoms with van der Waals surface area (Å²) in [6, 6.07) is 16.0. The van der Waals surface area contributed by atoms with Crippen LogP contribution in [0.2, 0.25) is 0 Å². The van der Waals surface area contributed by atoms with Crippen LogP contribution >= 0.6 is 0 Å². The van der Waals surface area contributed by atoms with Crippen molar-refractivity contribution >= 4 is 5.91 Å². The summed E-state index contributed by atoms with van der Waals surface area (Å²) >= 11 is 0. The molecule has 0 aromatic heterocycles. The molecule has 1 aliphatic heterocycles. The lowest BCUT2D eigenvalue weighted by molar-refractivity contribution is -0.123. The van der Waals surface area contributed by atoms with Crippen LogP contribution in [-0.2, 0) is 17.6 Å². The van der Waals surface area contributed by atoms with Crippen molar-refractivity contribution in [1.82, 2.24) is 10.6 Å². The first-order chi connectivity index (χ1) is 11.3. The van der Waals surface area contributed by atoms with Gasteiger partial charge >= 0.3 is 0 Å². The topological polar surface area (TPSA) is 50.4 Å². The number of ether oxygens (including phenoxy) is 1. The second-order valence-electron chi connectivity index (χ2n) is 6.16. The largest absolute Gasteiger partial charge is 0.492 e. The van der Waals surface area contributed by atoms with E-state index in [0.717, 1.165) is 24.2 Å². The van der Waals surface area contributed by atoms with Crippen LogP contribution in [0.1, 0.15) is 22.7 Å². The van der Waals surface area contributed by atoms with Gasteiger partial charge in [-0.25, -0.2) is 0 Å². The van der Waals surface area contributed by atoms with E-state index in [4.69, 9.17) is 4.74 Å². The summed E-state index contributed by atoms with van der Waals surface area (Å²) in [5, 5.41) is 6.50. The predicted octanol–water partition coefficient (Wildman–Crippen LogP) is 1.99. The second kappa shape index (κ2) is 6.05. The highest BCUT2D eigenvalue weighted by Crippen LogP contribution is 2.28. The van der Waals surface area contributed by atoms with Crippen LogP contribution in [0.5, 0.6) is 5.75 Å². The first kappa shape index (κ1) is 14.3. The van der Waals surface area contributed by atoms with Gasteiger partial charge in [-0.3, -0.25) is 10.1 Å². The molecule has 4 nitrogen and oxygen atoms in total. The van der Waals surface area contributed by atoms with Gasteiger partial charge < -0.3 is 10.1 Å². The van der Waals surface area contributed by atoms with Crippen LogP contribution in [0.3, 0.4) is 0 Å². The highest BCUT2D eigenvalue weighted by Gasteiger charge is 2.29. The van der Waals surface area contributed by atoms with Gasteiger partial charge in [0.05, 0.1) is 0 Å². The zero-order chi connectivity index (χ0) is 15.6. The molecule has 0 radical (unpaired) electrons. The van der Waals surface area contributed by atoms with Gasteiger partial charge in [0.2, 0.25) is 5.91 Å². The average Bonchev–Trinajstić information content (AvgIpc) is 2.84. The zero-order valence-corrected chi connectivity index (χ0v) is 12.9. The van der Waals surface area contributed by atoms with E-state index in [1.165, 1.54) is 11.1 Å². The number of amides is 1. The molecule has 1 aliphatic carbocycles. The summed E-state index contributed by atoms with van der Waals surface area (Å²) in [4.78, 5) is 12.8. The van der Waals surface area contributed by atoms with Crippen molar-refractivity contribution < 1.29 is 9.53 Å². The van der Waals surface area contributed by atoms with Gasteiger partial charge in [-0.2, -0.15) is 0 Å². The average molecular weight is 308 g/mol. The van der Waals surface area contributed by atoms with E-state index in [-0.39, 0.29) is 18.0 Å². The Labute approximate surface area is 135 Å². The molecule has 1 amide bonds. The van der Waals surface area contributed by atoms with E-state index in [1.807, 2.05) is 24.3 Å². The maximum atomic E-state index is 12.8. The van der Waals surface area contributed by atoms with Gasteiger partial charge in [-0.1, -0.05) is 42.5 Å². The van der Waals surface area contributed by atoms with E-state index in [1.54, 1.807) is 0 Å². The molecular weight excluding hydrogens is 288 g/mol. The molecular formula is C19H20N2O2. The molecule has 1 unspecified atom stereocenters. The van der Waals surface area contributed by atoms with Gasteiger partial charge in [-0.05, 0) is 30.0 Å². The summed E-state index contributed by atoms with van der Waals surface area (Å²) < 4.78 is 5.71. The molecule has 4 rings (SSSR count). The minimum atomic E-state index is -0.350. The third-order valence-electron chi connectivity index (χ3n) is 4.60. The Morgan fingerprint density at radius 2 is 1.74 bits per heavy atom. The van der Waals surface area contributed by atoms with Gasteiger partial charge in [0.25, 0.3) is 0 Å².